The first kappa shape index (κ1) is 27.4. The van der Waals surface area contributed by atoms with Crippen molar-refractivity contribution in [1.82, 2.24) is 9.80 Å². The Bertz CT molecular complexity index is 623. The summed E-state index contributed by atoms with van der Waals surface area (Å²) in [6, 6.07) is -0.343. The van der Waals surface area contributed by atoms with Crippen molar-refractivity contribution in [2.45, 2.75) is 57.4 Å². The third-order valence-corrected chi connectivity index (χ3v) is 11.8. The lowest BCUT2D eigenvalue weighted by Crippen LogP contribution is -2.43. The van der Waals surface area contributed by atoms with Crippen molar-refractivity contribution in [3.8, 4) is 0 Å². The molecule has 2 atom stereocenters. The largest absolute Gasteiger partial charge is 0.445 e. The van der Waals surface area contributed by atoms with E-state index in [4.69, 9.17) is 18.3 Å². The van der Waals surface area contributed by atoms with Crippen molar-refractivity contribution in [2.24, 2.45) is 0 Å². The molecule has 0 aromatic rings. The summed E-state index contributed by atoms with van der Waals surface area (Å²) in [5.41, 5.74) is 0. The van der Waals surface area contributed by atoms with E-state index in [0.29, 0.717) is 25.8 Å². The highest BCUT2D eigenvalue weighted by Crippen LogP contribution is 2.36. The van der Waals surface area contributed by atoms with Crippen LogP contribution < -0.4 is 0 Å². The molecule has 1 saturated heterocycles. The van der Waals surface area contributed by atoms with E-state index in [-0.39, 0.29) is 30.3 Å². The molecule has 0 aliphatic carbocycles. The van der Waals surface area contributed by atoms with Gasteiger partial charge in [-0.3, -0.25) is 0 Å². The summed E-state index contributed by atoms with van der Waals surface area (Å²) in [5, 5.41) is 0.163. The smallest absolute Gasteiger partial charge is 0.410 e. The minimum Gasteiger partial charge on any atom is -0.445 e. The first-order valence-corrected chi connectivity index (χ1v) is 15.2. The quantitative estimate of drug-likeness (QED) is 0.261. The van der Waals surface area contributed by atoms with Crippen molar-refractivity contribution >= 4 is 30.3 Å². The zero-order valence-electron chi connectivity index (χ0n) is 20.0. The van der Waals surface area contributed by atoms with Crippen molar-refractivity contribution < 1.29 is 27.9 Å². The molecule has 178 valence electrons. The molecule has 1 aliphatic heterocycles. The first-order chi connectivity index (χ1) is 14.4. The van der Waals surface area contributed by atoms with Gasteiger partial charge < -0.3 is 28.1 Å². The molecular weight excluding hydrogens is 432 g/mol. The molecule has 8 nitrogen and oxygen atoms in total. The van der Waals surface area contributed by atoms with Crippen LogP contribution in [-0.4, -0.2) is 91.8 Å². The number of carbonyl (C=O) groups is 2. The minimum absolute atomic E-state index is 0.139. The third kappa shape index (κ3) is 8.43. The second-order valence-electron chi connectivity index (χ2n) is 9.22. The monoisotopic (exact) mass is 472 g/mol. The lowest BCUT2D eigenvalue weighted by Gasteiger charge is -2.36. The predicted octanol–water partition coefficient (Wildman–Crippen LogP) is 3.09. The summed E-state index contributed by atoms with van der Waals surface area (Å²) in [5.74, 6) is 0. The number of hydrogen-bond donors (Lipinski definition) is 0. The van der Waals surface area contributed by atoms with Gasteiger partial charge in [0.1, 0.15) is 13.2 Å². The fourth-order valence-corrected chi connectivity index (χ4v) is 6.30. The summed E-state index contributed by atoms with van der Waals surface area (Å²) >= 11 is 0. The Hall–Kier alpha value is -1.63. The van der Waals surface area contributed by atoms with Crippen LogP contribution in [0.4, 0.5) is 9.59 Å². The molecule has 1 rings (SSSR count). The van der Waals surface area contributed by atoms with Gasteiger partial charge >= 0.3 is 12.2 Å². The fraction of sp³-hybridized carbons (Fsp3) is 0.714. The van der Waals surface area contributed by atoms with Gasteiger partial charge in [-0.2, -0.15) is 0 Å². The molecule has 2 amide bonds. The second-order valence-corrected chi connectivity index (χ2v) is 15.3. The Morgan fingerprint density at radius 1 is 1.19 bits per heavy atom. The number of nitrogens with zero attached hydrogens (tertiary/aromatic N) is 2. The number of rotatable bonds is 11. The molecule has 0 aromatic heterocycles. The number of ether oxygens (including phenoxy) is 2. The lowest BCUT2D eigenvalue weighted by atomic mass is 10.1. The van der Waals surface area contributed by atoms with Gasteiger partial charge in [0.05, 0.1) is 18.7 Å². The number of likely N-dealkylation sites (N-methyl/N-ethyl adjacent to an activating group) is 1. The molecule has 1 aliphatic rings. The van der Waals surface area contributed by atoms with Gasteiger partial charge in [-0.1, -0.05) is 46.1 Å². The van der Waals surface area contributed by atoms with Crippen LogP contribution in [-0.2, 0) is 18.3 Å². The van der Waals surface area contributed by atoms with Crippen LogP contribution in [0, 0.1) is 0 Å². The molecule has 0 spiro atoms. The van der Waals surface area contributed by atoms with Gasteiger partial charge in [0.25, 0.3) is 0 Å². The normalized spacial score (nSPS) is 19.5. The summed E-state index contributed by atoms with van der Waals surface area (Å²) in [6.07, 6.45) is 3.43. The minimum atomic E-state index is -1.79. The van der Waals surface area contributed by atoms with E-state index in [1.807, 2.05) is 0 Å². The Kier molecular flexibility index (Phi) is 11.0. The number of carbonyl (C=O) groups excluding carboxylic acids is 2. The maximum atomic E-state index is 12.5. The predicted molar refractivity (Wildman–Crippen MR) is 127 cm³/mol. The molecule has 0 N–H and O–H groups in total. The van der Waals surface area contributed by atoms with Gasteiger partial charge in [0.2, 0.25) is 0 Å². The van der Waals surface area contributed by atoms with Gasteiger partial charge in [0, 0.05) is 19.8 Å². The van der Waals surface area contributed by atoms with Crippen LogP contribution in [0.5, 0.6) is 0 Å². The number of hydrogen-bond acceptors (Lipinski definition) is 6. The van der Waals surface area contributed by atoms with Crippen LogP contribution in [0.1, 0.15) is 27.2 Å². The number of likely N-dealkylation sites (tertiary alicyclic amines) is 1. The first-order valence-electron chi connectivity index (χ1n) is 10.7. The molecule has 1 heterocycles. The zero-order chi connectivity index (χ0) is 23.7. The highest BCUT2D eigenvalue weighted by atomic mass is 28.4. The highest BCUT2D eigenvalue weighted by Gasteiger charge is 2.40. The zero-order valence-corrected chi connectivity index (χ0v) is 22.4. The molecule has 31 heavy (non-hydrogen) atoms. The third-order valence-electron chi connectivity index (χ3n) is 5.92. The SMILES string of the molecule is C=CCOC(=O)N(C)[C@H]1C[C@@H](CO[SiH2]CO[Si](C)(C)C(C)(C)C)N(C(=O)OCC=C)C1. The van der Waals surface area contributed by atoms with Crippen molar-refractivity contribution in [2.75, 3.05) is 39.6 Å². The molecule has 1 fully saturated rings. The van der Waals surface area contributed by atoms with E-state index in [2.05, 4.69) is 47.0 Å². The summed E-state index contributed by atoms with van der Waals surface area (Å²) in [6.45, 7) is 19.3. The summed E-state index contributed by atoms with van der Waals surface area (Å²) in [7, 11) is -0.997. The van der Waals surface area contributed by atoms with E-state index < -0.39 is 30.3 Å². The second kappa shape index (κ2) is 12.4. The average Bonchev–Trinajstić information content (AvgIpc) is 3.12. The Morgan fingerprint density at radius 3 is 2.39 bits per heavy atom. The average molecular weight is 473 g/mol. The van der Waals surface area contributed by atoms with E-state index in [0.717, 1.165) is 0 Å². The van der Waals surface area contributed by atoms with Gasteiger partial charge in [-0.05, 0) is 24.6 Å². The van der Waals surface area contributed by atoms with Crippen LogP contribution >= 0.6 is 0 Å². The molecular formula is C21H40N2O6Si2. The Morgan fingerprint density at radius 2 is 1.81 bits per heavy atom. The van der Waals surface area contributed by atoms with Crippen molar-refractivity contribution in [3.63, 3.8) is 0 Å². The topological polar surface area (TPSA) is 77.5 Å². The van der Waals surface area contributed by atoms with E-state index in [9.17, 15) is 9.59 Å². The number of amides is 2. The molecule has 0 radical (unpaired) electrons. The van der Waals surface area contributed by atoms with E-state index in [1.54, 1.807) is 11.9 Å². The lowest BCUT2D eigenvalue weighted by molar-refractivity contribution is 0.0918. The molecule has 0 bridgehead atoms. The molecule has 0 aromatic carbocycles. The van der Waals surface area contributed by atoms with Gasteiger partial charge in [-0.25, -0.2) is 9.59 Å². The molecule has 0 saturated carbocycles. The van der Waals surface area contributed by atoms with Crippen molar-refractivity contribution in [3.05, 3.63) is 25.3 Å². The van der Waals surface area contributed by atoms with E-state index in [1.165, 1.54) is 17.1 Å². The maximum Gasteiger partial charge on any atom is 0.410 e. The van der Waals surface area contributed by atoms with E-state index >= 15 is 0 Å². The van der Waals surface area contributed by atoms with Crippen molar-refractivity contribution in [1.29, 1.82) is 0 Å². The van der Waals surface area contributed by atoms with Gasteiger partial charge in [-0.15, -0.1) is 0 Å². The summed E-state index contributed by atoms with van der Waals surface area (Å²) < 4.78 is 22.5. The van der Waals surface area contributed by atoms with Crippen LogP contribution in [0.15, 0.2) is 25.3 Å². The summed E-state index contributed by atoms with van der Waals surface area (Å²) in [4.78, 5) is 27.8. The Balaban J connectivity index is 2.64. The van der Waals surface area contributed by atoms with Crippen LogP contribution in [0.25, 0.3) is 0 Å². The molecule has 10 heteroatoms. The van der Waals surface area contributed by atoms with Crippen LogP contribution in [0.2, 0.25) is 18.1 Å². The molecule has 0 unspecified atom stereocenters. The van der Waals surface area contributed by atoms with Gasteiger partial charge in [0.15, 0.2) is 18.1 Å². The standard InChI is InChI=1S/C21H40N2O6Si2/c1-9-11-26-19(24)22(6)17-13-18(23(14-17)20(25)27-12-10-2)15-28-30-16-29-31(7,8)21(3,4)5/h9-10,17-18H,1-2,11-16,30H2,3-8H3/t17-,18-/m0/s1. The highest BCUT2D eigenvalue weighted by molar-refractivity contribution is 6.74. The van der Waals surface area contributed by atoms with Crippen LogP contribution in [0.3, 0.4) is 0 Å². The fourth-order valence-electron chi connectivity index (χ4n) is 2.94. The Labute approximate surface area is 190 Å². The maximum absolute atomic E-state index is 12.5.